The summed E-state index contributed by atoms with van der Waals surface area (Å²) in [7, 11) is 3.09. The van der Waals surface area contributed by atoms with Gasteiger partial charge in [-0.25, -0.2) is 0 Å². The molecule has 0 bridgehead atoms. The molecule has 0 N–H and O–H groups in total. The van der Waals surface area contributed by atoms with Crippen LogP contribution in [0.5, 0.6) is 0 Å². The van der Waals surface area contributed by atoms with E-state index in [9.17, 15) is 9.59 Å². The SMILES string of the molecule is COC(=O)CN(Cc1ccccc1)C(=O)c1c(Cl)c2ccccc2n1C. The molecule has 0 atom stereocenters. The van der Waals surface area contributed by atoms with E-state index in [0.717, 1.165) is 16.5 Å². The van der Waals surface area contributed by atoms with Gasteiger partial charge >= 0.3 is 5.97 Å². The van der Waals surface area contributed by atoms with Gasteiger partial charge in [-0.05, 0) is 11.6 Å². The lowest BCUT2D eigenvalue weighted by Crippen LogP contribution is -2.36. The normalized spacial score (nSPS) is 10.7. The van der Waals surface area contributed by atoms with E-state index in [-0.39, 0.29) is 19.0 Å². The third-order valence-electron chi connectivity index (χ3n) is 4.30. The Morgan fingerprint density at radius 1 is 1.08 bits per heavy atom. The van der Waals surface area contributed by atoms with Gasteiger partial charge in [0.2, 0.25) is 0 Å². The van der Waals surface area contributed by atoms with E-state index in [1.807, 2.05) is 54.6 Å². The van der Waals surface area contributed by atoms with Crippen molar-refractivity contribution in [2.45, 2.75) is 6.54 Å². The second-order valence-corrected chi connectivity index (χ2v) is 6.34. The highest BCUT2D eigenvalue weighted by Gasteiger charge is 2.26. The van der Waals surface area contributed by atoms with Gasteiger partial charge in [0.25, 0.3) is 5.91 Å². The minimum atomic E-state index is -0.482. The van der Waals surface area contributed by atoms with E-state index in [1.54, 1.807) is 11.6 Å². The van der Waals surface area contributed by atoms with Crippen LogP contribution in [-0.4, -0.2) is 35.0 Å². The molecule has 3 aromatic rings. The summed E-state index contributed by atoms with van der Waals surface area (Å²) in [5.74, 6) is -0.799. The fraction of sp³-hybridized carbons (Fsp3) is 0.200. The molecule has 0 aliphatic heterocycles. The number of hydrogen-bond acceptors (Lipinski definition) is 3. The summed E-state index contributed by atoms with van der Waals surface area (Å²) in [6.45, 7) is 0.134. The molecule has 1 aromatic heterocycles. The highest BCUT2D eigenvalue weighted by molar-refractivity contribution is 6.38. The molecule has 5 nitrogen and oxygen atoms in total. The maximum Gasteiger partial charge on any atom is 0.325 e. The molecule has 0 aliphatic carbocycles. The zero-order valence-corrected chi connectivity index (χ0v) is 15.4. The lowest BCUT2D eigenvalue weighted by molar-refractivity contribution is -0.141. The van der Waals surface area contributed by atoms with Crippen LogP contribution in [-0.2, 0) is 23.1 Å². The van der Waals surface area contributed by atoms with Gasteiger partial charge in [-0.15, -0.1) is 0 Å². The number of amides is 1. The van der Waals surface area contributed by atoms with Crippen LogP contribution in [0.1, 0.15) is 16.1 Å². The van der Waals surface area contributed by atoms with Crippen molar-refractivity contribution in [3.63, 3.8) is 0 Å². The number of benzene rings is 2. The summed E-state index contributed by atoms with van der Waals surface area (Å²) in [5, 5.41) is 1.19. The van der Waals surface area contributed by atoms with Crippen LogP contribution in [0, 0.1) is 0 Å². The standard InChI is InChI=1S/C20H19ClN2O3/c1-22-16-11-7-6-10-15(16)18(21)19(22)20(25)23(13-17(24)26-2)12-14-8-4-3-5-9-14/h3-11H,12-13H2,1-2H3. The van der Waals surface area contributed by atoms with E-state index in [0.29, 0.717) is 10.7 Å². The molecule has 0 unspecified atom stereocenters. The fourth-order valence-corrected chi connectivity index (χ4v) is 3.33. The van der Waals surface area contributed by atoms with Gasteiger partial charge in [0.1, 0.15) is 12.2 Å². The molecule has 0 spiro atoms. The predicted molar refractivity (Wildman–Crippen MR) is 101 cm³/mol. The molecule has 0 fully saturated rings. The van der Waals surface area contributed by atoms with Gasteiger partial charge in [-0.2, -0.15) is 0 Å². The van der Waals surface area contributed by atoms with Crippen molar-refractivity contribution in [2.24, 2.45) is 7.05 Å². The van der Waals surface area contributed by atoms with Gasteiger partial charge in [0.05, 0.1) is 12.1 Å². The summed E-state index contributed by atoms with van der Waals surface area (Å²) in [4.78, 5) is 26.5. The summed E-state index contributed by atoms with van der Waals surface area (Å²) in [6.07, 6.45) is 0. The fourth-order valence-electron chi connectivity index (χ4n) is 2.96. The number of rotatable bonds is 5. The van der Waals surface area contributed by atoms with Crippen LogP contribution in [0.4, 0.5) is 0 Å². The van der Waals surface area contributed by atoms with Crippen LogP contribution < -0.4 is 0 Å². The first-order valence-electron chi connectivity index (χ1n) is 8.16. The first-order chi connectivity index (χ1) is 12.5. The van der Waals surface area contributed by atoms with E-state index >= 15 is 0 Å². The average molecular weight is 371 g/mol. The van der Waals surface area contributed by atoms with Crippen molar-refractivity contribution in [1.29, 1.82) is 0 Å². The van der Waals surface area contributed by atoms with Gasteiger partial charge in [0, 0.05) is 24.5 Å². The quantitative estimate of drug-likeness (QED) is 0.644. The monoisotopic (exact) mass is 370 g/mol. The molecule has 0 aliphatic rings. The zero-order valence-electron chi connectivity index (χ0n) is 14.6. The smallest absolute Gasteiger partial charge is 0.325 e. The van der Waals surface area contributed by atoms with Gasteiger partial charge in [-0.3, -0.25) is 9.59 Å². The number of para-hydroxylation sites is 1. The summed E-state index contributed by atoms with van der Waals surface area (Å²) in [5.41, 5.74) is 2.13. The second-order valence-electron chi connectivity index (χ2n) is 5.96. The first kappa shape index (κ1) is 18.0. The molecule has 2 aromatic carbocycles. The summed E-state index contributed by atoms with van der Waals surface area (Å²) >= 11 is 6.49. The van der Waals surface area contributed by atoms with Crippen molar-refractivity contribution in [3.8, 4) is 0 Å². The number of ether oxygens (including phenoxy) is 1. The van der Waals surface area contributed by atoms with Crippen molar-refractivity contribution in [3.05, 3.63) is 70.9 Å². The van der Waals surface area contributed by atoms with Crippen LogP contribution in [0.15, 0.2) is 54.6 Å². The molecule has 3 rings (SSSR count). The minimum absolute atomic E-state index is 0.151. The number of aromatic nitrogens is 1. The highest BCUT2D eigenvalue weighted by Crippen LogP contribution is 2.30. The number of carbonyl (C=O) groups excluding carboxylic acids is 2. The Bertz CT molecular complexity index is 911. The first-order valence-corrected chi connectivity index (χ1v) is 8.53. The Balaban J connectivity index is 2.01. The number of halogens is 1. The van der Waals surface area contributed by atoms with E-state index in [4.69, 9.17) is 16.3 Å². The molecule has 0 saturated carbocycles. The molecule has 1 heterocycles. The number of nitrogens with zero attached hydrogens (tertiary/aromatic N) is 2. The Labute approximate surface area is 156 Å². The van der Waals surface area contributed by atoms with Crippen LogP contribution in [0.25, 0.3) is 10.9 Å². The summed E-state index contributed by atoms with van der Waals surface area (Å²) < 4.78 is 6.51. The Kier molecular flexibility index (Phi) is 5.28. The second kappa shape index (κ2) is 7.62. The topological polar surface area (TPSA) is 51.5 Å². The lowest BCUT2D eigenvalue weighted by atomic mass is 10.2. The average Bonchev–Trinajstić information content (AvgIpc) is 2.92. The molecule has 0 radical (unpaired) electrons. The molecular formula is C20H19ClN2O3. The number of methoxy groups -OCH3 is 1. The molecule has 1 amide bonds. The zero-order chi connectivity index (χ0) is 18.7. The van der Waals surface area contributed by atoms with Crippen LogP contribution in [0.3, 0.4) is 0 Å². The van der Waals surface area contributed by atoms with Gasteiger partial charge in [-0.1, -0.05) is 60.1 Å². The summed E-state index contributed by atoms with van der Waals surface area (Å²) in [6, 6.07) is 17.0. The van der Waals surface area contributed by atoms with Crippen molar-refractivity contribution in [2.75, 3.05) is 13.7 Å². The van der Waals surface area contributed by atoms with E-state index < -0.39 is 5.97 Å². The molecule has 26 heavy (non-hydrogen) atoms. The number of esters is 1. The largest absolute Gasteiger partial charge is 0.468 e. The third-order valence-corrected chi connectivity index (χ3v) is 4.68. The Morgan fingerprint density at radius 3 is 2.38 bits per heavy atom. The molecular weight excluding hydrogens is 352 g/mol. The highest BCUT2D eigenvalue weighted by atomic mass is 35.5. The molecule has 0 saturated heterocycles. The Morgan fingerprint density at radius 2 is 1.73 bits per heavy atom. The number of fused-ring (bicyclic) bond motifs is 1. The minimum Gasteiger partial charge on any atom is -0.468 e. The number of carbonyl (C=O) groups is 2. The van der Waals surface area contributed by atoms with Crippen molar-refractivity contribution < 1.29 is 14.3 Å². The van der Waals surface area contributed by atoms with E-state index in [2.05, 4.69) is 0 Å². The predicted octanol–water partition coefficient (Wildman–Crippen LogP) is 3.65. The van der Waals surface area contributed by atoms with Gasteiger partial charge < -0.3 is 14.2 Å². The van der Waals surface area contributed by atoms with Crippen LogP contribution >= 0.6 is 11.6 Å². The Hall–Kier alpha value is -2.79. The third kappa shape index (κ3) is 3.44. The van der Waals surface area contributed by atoms with Crippen molar-refractivity contribution in [1.82, 2.24) is 9.47 Å². The maximum atomic E-state index is 13.2. The van der Waals surface area contributed by atoms with Crippen LogP contribution in [0.2, 0.25) is 5.02 Å². The van der Waals surface area contributed by atoms with Gasteiger partial charge in [0.15, 0.2) is 0 Å². The lowest BCUT2D eigenvalue weighted by Gasteiger charge is -2.22. The molecule has 134 valence electrons. The maximum absolute atomic E-state index is 13.2. The van der Waals surface area contributed by atoms with Crippen molar-refractivity contribution >= 4 is 34.4 Å². The number of aryl methyl sites for hydroxylation is 1. The molecule has 6 heteroatoms. The van der Waals surface area contributed by atoms with E-state index in [1.165, 1.54) is 12.0 Å². The number of hydrogen-bond donors (Lipinski definition) is 0.